The van der Waals surface area contributed by atoms with E-state index < -0.39 is 11.9 Å². The molecule has 27 heavy (non-hydrogen) atoms. The van der Waals surface area contributed by atoms with Crippen LogP contribution < -0.4 is 9.47 Å². The molecule has 0 aliphatic carbocycles. The van der Waals surface area contributed by atoms with Crippen molar-refractivity contribution in [1.29, 1.82) is 0 Å². The Balaban J connectivity index is 1.82. The largest absolute Gasteiger partial charge is 0.493 e. The quantitative estimate of drug-likeness (QED) is 0.461. The lowest BCUT2D eigenvalue weighted by Gasteiger charge is -2.08. The Morgan fingerprint density at radius 3 is 2.52 bits per heavy atom. The Labute approximate surface area is 156 Å². The van der Waals surface area contributed by atoms with Gasteiger partial charge >= 0.3 is 11.9 Å². The fourth-order valence-corrected chi connectivity index (χ4v) is 2.40. The van der Waals surface area contributed by atoms with E-state index in [2.05, 4.69) is 4.99 Å². The van der Waals surface area contributed by atoms with Gasteiger partial charge in [-0.1, -0.05) is 36.4 Å². The first kappa shape index (κ1) is 18.1. The molecule has 0 radical (unpaired) electrons. The topological polar surface area (TPSA) is 74.2 Å². The maximum atomic E-state index is 12.0. The first-order valence-electron chi connectivity index (χ1n) is 8.17. The van der Waals surface area contributed by atoms with Gasteiger partial charge in [-0.25, -0.2) is 9.79 Å². The molecule has 2 aromatic rings. The van der Waals surface area contributed by atoms with Gasteiger partial charge in [-0.05, 0) is 35.4 Å². The third-order valence-corrected chi connectivity index (χ3v) is 3.60. The molecule has 0 N–H and O–H groups in total. The van der Waals surface area contributed by atoms with Crippen LogP contribution in [0, 0.1) is 0 Å². The fraction of sp³-hybridized carbons (Fsp3) is 0.0952. The number of hydrogen-bond acceptors (Lipinski definition) is 6. The molecule has 0 atom stereocenters. The van der Waals surface area contributed by atoms with Crippen molar-refractivity contribution in [2.75, 3.05) is 7.11 Å². The summed E-state index contributed by atoms with van der Waals surface area (Å²) >= 11 is 0. The molecule has 1 aliphatic heterocycles. The van der Waals surface area contributed by atoms with Crippen molar-refractivity contribution in [3.05, 3.63) is 71.4 Å². The van der Waals surface area contributed by atoms with Crippen molar-refractivity contribution in [3.63, 3.8) is 0 Å². The van der Waals surface area contributed by atoms with E-state index in [9.17, 15) is 9.59 Å². The number of rotatable bonds is 5. The highest BCUT2D eigenvalue weighted by Gasteiger charge is 2.21. The highest BCUT2D eigenvalue weighted by molar-refractivity contribution is 6.11. The standard InChI is InChI=1S/C21H17NO5/c1-14(23)26-18-10-8-16(13-19(18)25-2)12-17-21(24)27-20(22-17)11-9-15-6-4-3-5-7-15/h3-13H,1-2H3/b11-9+,17-12+. The lowest BCUT2D eigenvalue weighted by atomic mass is 10.1. The van der Waals surface area contributed by atoms with Crippen LogP contribution in [-0.4, -0.2) is 24.9 Å². The van der Waals surface area contributed by atoms with Crippen molar-refractivity contribution in [2.45, 2.75) is 6.92 Å². The van der Waals surface area contributed by atoms with Gasteiger partial charge in [0.1, 0.15) is 0 Å². The van der Waals surface area contributed by atoms with Gasteiger partial charge in [0.15, 0.2) is 17.2 Å². The highest BCUT2D eigenvalue weighted by atomic mass is 16.6. The zero-order chi connectivity index (χ0) is 19.2. The Kier molecular flexibility index (Phi) is 5.47. The van der Waals surface area contributed by atoms with Gasteiger partial charge < -0.3 is 14.2 Å². The summed E-state index contributed by atoms with van der Waals surface area (Å²) < 4.78 is 15.4. The summed E-state index contributed by atoms with van der Waals surface area (Å²) in [4.78, 5) is 27.3. The van der Waals surface area contributed by atoms with Crippen LogP contribution in [0.3, 0.4) is 0 Å². The number of methoxy groups -OCH3 is 1. The zero-order valence-electron chi connectivity index (χ0n) is 14.8. The van der Waals surface area contributed by atoms with Crippen molar-refractivity contribution >= 4 is 30.0 Å². The van der Waals surface area contributed by atoms with Crippen molar-refractivity contribution in [1.82, 2.24) is 0 Å². The number of cyclic esters (lactones) is 1. The normalized spacial score (nSPS) is 15.0. The second kappa shape index (κ2) is 8.14. The van der Waals surface area contributed by atoms with Crippen molar-refractivity contribution in [3.8, 4) is 11.5 Å². The molecule has 0 unspecified atom stereocenters. The Hall–Kier alpha value is -3.67. The summed E-state index contributed by atoms with van der Waals surface area (Å²) in [5.41, 5.74) is 1.80. The van der Waals surface area contributed by atoms with E-state index in [0.29, 0.717) is 17.1 Å². The Morgan fingerprint density at radius 2 is 1.81 bits per heavy atom. The summed E-state index contributed by atoms with van der Waals surface area (Å²) in [5, 5.41) is 0. The molecule has 0 aromatic heterocycles. The molecular weight excluding hydrogens is 346 g/mol. The van der Waals surface area contributed by atoms with Crippen LogP contribution in [0.1, 0.15) is 18.1 Å². The van der Waals surface area contributed by atoms with E-state index in [0.717, 1.165) is 5.56 Å². The third kappa shape index (κ3) is 4.70. The van der Waals surface area contributed by atoms with Gasteiger partial charge in [-0.3, -0.25) is 4.79 Å². The van der Waals surface area contributed by atoms with E-state index >= 15 is 0 Å². The van der Waals surface area contributed by atoms with Gasteiger partial charge in [-0.2, -0.15) is 0 Å². The van der Waals surface area contributed by atoms with E-state index in [-0.39, 0.29) is 11.6 Å². The van der Waals surface area contributed by atoms with E-state index in [1.54, 1.807) is 30.4 Å². The van der Waals surface area contributed by atoms with Crippen LogP contribution in [0.5, 0.6) is 11.5 Å². The SMILES string of the molecule is COc1cc(/C=C2N=C(/C=C/c3ccccc3)OC/2=O)ccc1OC(C)=O. The summed E-state index contributed by atoms with van der Waals surface area (Å²) in [6.07, 6.45) is 5.02. The average molecular weight is 363 g/mol. The number of ether oxygens (including phenoxy) is 3. The second-order valence-electron chi connectivity index (χ2n) is 5.62. The summed E-state index contributed by atoms with van der Waals surface area (Å²) in [7, 11) is 1.47. The second-order valence-corrected chi connectivity index (χ2v) is 5.62. The van der Waals surface area contributed by atoms with Gasteiger partial charge in [0.05, 0.1) is 7.11 Å². The monoisotopic (exact) mass is 363 g/mol. The van der Waals surface area contributed by atoms with E-state index in [1.807, 2.05) is 36.4 Å². The first-order chi connectivity index (χ1) is 13.0. The predicted molar refractivity (Wildman–Crippen MR) is 101 cm³/mol. The smallest absolute Gasteiger partial charge is 0.363 e. The van der Waals surface area contributed by atoms with Crippen LogP contribution in [0.4, 0.5) is 0 Å². The van der Waals surface area contributed by atoms with Crippen LogP contribution in [-0.2, 0) is 14.3 Å². The number of aliphatic imine (C=N–C) groups is 1. The molecule has 2 aromatic carbocycles. The van der Waals surface area contributed by atoms with Gasteiger partial charge in [0.25, 0.3) is 0 Å². The minimum atomic E-state index is -0.536. The van der Waals surface area contributed by atoms with Gasteiger partial charge in [0.2, 0.25) is 5.90 Å². The van der Waals surface area contributed by atoms with Crippen molar-refractivity contribution < 1.29 is 23.8 Å². The zero-order valence-corrected chi connectivity index (χ0v) is 14.8. The van der Waals surface area contributed by atoms with Crippen LogP contribution in [0.2, 0.25) is 0 Å². The Bertz CT molecular complexity index is 958. The number of esters is 2. The molecule has 6 heteroatoms. The number of benzene rings is 2. The highest BCUT2D eigenvalue weighted by Crippen LogP contribution is 2.29. The van der Waals surface area contributed by atoms with E-state index in [1.165, 1.54) is 14.0 Å². The summed E-state index contributed by atoms with van der Waals surface area (Å²) in [6.45, 7) is 1.31. The summed E-state index contributed by atoms with van der Waals surface area (Å²) in [5.74, 6) is -0.0854. The minimum Gasteiger partial charge on any atom is -0.493 e. The fourth-order valence-electron chi connectivity index (χ4n) is 2.40. The number of hydrogen-bond donors (Lipinski definition) is 0. The van der Waals surface area contributed by atoms with Crippen LogP contribution in [0.15, 0.2) is 65.3 Å². The minimum absolute atomic E-state index is 0.171. The van der Waals surface area contributed by atoms with E-state index in [4.69, 9.17) is 14.2 Å². The maximum absolute atomic E-state index is 12.0. The molecule has 1 heterocycles. The average Bonchev–Trinajstić information content (AvgIpc) is 3.01. The molecule has 0 bridgehead atoms. The molecule has 0 fully saturated rings. The molecule has 0 amide bonds. The van der Waals surface area contributed by atoms with Gasteiger partial charge in [-0.15, -0.1) is 0 Å². The molecule has 136 valence electrons. The molecule has 6 nitrogen and oxygen atoms in total. The molecule has 0 saturated heterocycles. The first-order valence-corrected chi connectivity index (χ1v) is 8.17. The molecular formula is C21H17NO5. The van der Waals surface area contributed by atoms with Crippen LogP contribution in [0.25, 0.3) is 12.2 Å². The number of carbonyl (C=O) groups excluding carboxylic acids is 2. The predicted octanol–water partition coefficient (Wildman–Crippen LogP) is 3.63. The number of nitrogens with zero attached hydrogens (tertiary/aromatic N) is 1. The lowest BCUT2D eigenvalue weighted by molar-refractivity contribution is -0.132. The molecule has 0 spiro atoms. The lowest BCUT2D eigenvalue weighted by Crippen LogP contribution is -2.03. The maximum Gasteiger partial charge on any atom is 0.363 e. The molecule has 0 saturated carbocycles. The van der Waals surface area contributed by atoms with Crippen LogP contribution >= 0.6 is 0 Å². The third-order valence-electron chi connectivity index (χ3n) is 3.60. The number of carbonyl (C=O) groups is 2. The van der Waals surface area contributed by atoms with Crippen molar-refractivity contribution in [2.24, 2.45) is 4.99 Å². The Morgan fingerprint density at radius 1 is 1.04 bits per heavy atom. The van der Waals surface area contributed by atoms with Gasteiger partial charge in [0, 0.05) is 13.0 Å². The molecule has 1 aliphatic rings. The summed E-state index contributed by atoms with van der Waals surface area (Å²) in [6, 6.07) is 14.5. The molecule has 3 rings (SSSR count).